The van der Waals surface area contributed by atoms with Crippen LogP contribution in [0.5, 0.6) is 0 Å². The van der Waals surface area contributed by atoms with Gasteiger partial charge >= 0.3 is 0 Å². The van der Waals surface area contributed by atoms with E-state index in [0.29, 0.717) is 12.1 Å². The van der Waals surface area contributed by atoms with Gasteiger partial charge in [-0.25, -0.2) is 8.78 Å². The molecule has 1 heterocycles. The van der Waals surface area contributed by atoms with E-state index in [4.69, 9.17) is 0 Å². The fourth-order valence-corrected chi connectivity index (χ4v) is 2.28. The Morgan fingerprint density at radius 2 is 2.04 bits per heavy atom. The molecule has 23 heavy (non-hydrogen) atoms. The maximum absolute atomic E-state index is 13.4. The first-order valence-electron chi connectivity index (χ1n) is 7.33. The summed E-state index contributed by atoms with van der Waals surface area (Å²) in [5, 5.41) is 9.52. The van der Waals surface area contributed by atoms with Crippen LogP contribution in [0.1, 0.15) is 29.4 Å². The van der Waals surface area contributed by atoms with Crippen molar-refractivity contribution in [3.05, 3.63) is 65.5 Å². The van der Waals surface area contributed by atoms with E-state index in [-0.39, 0.29) is 18.7 Å². The highest BCUT2D eigenvalue weighted by Crippen LogP contribution is 2.16. The molecule has 0 aliphatic rings. The minimum absolute atomic E-state index is 0.0340. The van der Waals surface area contributed by atoms with E-state index in [1.807, 2.05) is 6.92 Å². The van der Waals surface area contributed by atoms with Crippen molar-refractivity contribution < 1.29 is 18.7 Å². The van der Waals surface area contributed by atoms with Crippen LogP contribution in [0.25, 0.3) is 0 Å². The van der Waals surface area contributed by atoms with Crippen LogP contribution < -0.4 is 0 Å². The van der Waals surface area contributed by atoms with Gasteiger partial charge < -0.3 is 10.0 Å². The van der Waals surface area contributed by atoms with E-state index in [1.54, 1.807) is 24.4 Å². The molecule has 1 aromatic carbocycles. The molecule has 0 radical (unpaired) electrons. The van der Waals surface area contributed by atoms with Crippen molar-refractivity contribution in [1.29, 1.82) is 0 Å². The quantitative estimate of drug-likeness (QED) is 0.890. The first kappa shape index (κ1) is 17.0. The van der Waals surface area contributed by atoms with Gasteiger partial charge in [0.25, 0.3) is 5.91 Å². The van der Waals surface area contributed by atoms with Gasteiger partial charge in [-0.15, -0.1) is 0 Å². The van der Waals surface area contributed by atoms with Crippen LogP contribution >= 0.6 is 0 Å². The molecule has 0 aliphatic heterocycles. The molecule has 1 amide bonds. The number of halogens is 2. The number of aromatic nitrogens is 1. The topological polar surface area (TPSA) is 53.4 Å². The van der Waals surface area contributed by atoms with Crippen molar-refractivity contribution in [3.8, 4) is 0 Å². The first-order valence-corrected chi connectivity index (χ1v) is 7.33. The molecular formula is C17H18F2N2O2. The van der Waals surface area contributed by atoms with Crippen LogP contribution in [0, 0.1) is 11.6 Å². The summed E-state index contributed by atoms with van der Waals surface area (Å²) in [7, 11) is 0. The Bertz CT molecular complexity index is 661. The van der Waals surface area contributed by atoms with Gasteiger partial charge in [0.05, 0.1) is 24.9 Å². The van der Waals surface area contributed by atoms with Crippen LogP contribution in [-0.4, -0.2) is 33.5 Å². The van der Waals surface area contributed by atoms with Crippen LogP contribution in [0.2, 0.25) is 0 Å². The Morgan fingerprint density at radius 3 is 2.61 bits per heavy atom. The second kappa shape index (κ2) is 7.78. The molecular weight excluding hydrogens is 302 g/mol. The summed E-state index contributed by atoms with van der Waals surface area (Å²) in [6.07, 6.45) is 2.13. The smallest absolute Gasteiger partial charge is 0.254 e. The molecule has 0 spiro atoms. The van der Waals surface area contributed by atoms with Gasteiger partial charge in [-0.05, 0) is 36.8 Å². The van der Waals surface area contributed by atoms with Crippen LogP contribution in [-0.2, 0) is 6.54 Å². The predicted molar refractivity (Wildman–Crippen MR) is 81.6 cm³/mol. The minimum atomic E-state index is -1.08. The van der Waals surface area contributed by atoms with Gasteiger partial charge in [0.2, 0.25) is 0 Å². The highest BCUT2D eigenvalue weighted by atomic mass is 19.2. The Kier molecular flexibility index (Phi) is 5.76. The molecule has 2 aromatic rings. The number of hydrogen-bond donors (Lipinski definition) is 1. The first-order chi connectivity index (χ1) is 11.1. The summed E-state index contributed by atoms with van der Waals surface area (Å²) in [5.41, 5.74) is 0.682. The number of carbonyl (C=O) groups is 1. The molecule has 122 valence electrons. The normalized spacial score (nSPS) is 12.0. The lowest BCUT2D eigenvalue weighted by Gasteiger charge is -2.30. The van der Waals surface area contributed by atoms with Crippen molar-refractivity contribution in [1.82, 2.24) is 9.88 Å². The van der Waals surface area contributed by atoms with Crippen molar-refractivity contribution in [2.24, 2.45) is 0 Å². The van der Waals surface area contributed by atoms with Crippen molar-refractivity contribution in [3.63, 3.8) is 0 Å². The fourth-order valence-electron chi connectivity index (χ4n) is 2.28. The number of rotatable bonds is 6. The number of nitrogens with zero attached hydrogens (tertiary/aromatic N) is 2. The summed E-state index contributed by atoms with van der Waals surface area (Å²) >= 11 is 0. The van der Waals surface area contributed by atoms with Gasteiger partial charge in [-0.2, -0.15) is 0 Å². The van der Waals surface area contributed by atoms with Gasteiger partial charge in [0.1, 0.15) is 0 Å². The zero-order valence-electron chi connectivity index (χ0n) is 12.7. The summed E-state index contributed by atoms with van der Waals surface area (Å²) in [4.78, 5) is 18.3. The summed E-state index contributed by atoms with van der Waals surface area (Å²) in [6, 6.07) is 7.90. The Labute approximate surface area is 133 Å². The standard InChI is InChI=1S/C17H18F2N2O2/c1-2-14(11-22)21(10-13-5-3-4-8-20-13)17(23)12-6-7-15(18)16(19)9-12/h3-9,14,22H,2,10-11H2,1H3/t14-/m0/s1. The van der Waals surface area contributed by atoms with Crippen LogP contribution in [0.4, 0.5) is 8.78 Å². The van der Waals surface area contributed by atoms with E-state index in [0.717, 1.165) is 12.1 Å². The molecule has 0 saturated heterocycles. The van der Waals surface area contributed by atoms with Crippen LogP contribution in [0.3, 0.4) is 0 Å². The highest BCUT2D eigenvalue weighted by Gasteiger charge is 2.24. The second-order valence-electron chi connectivity index (χ2n) is 5.13. The number of aliphatic hydroxyl groups excluding tert-OH is 1. The number of amides is 1. The molecule has 1 aromatic heterocycles. The van der Waals surface area contributed by atoms with Crippen LogP contribution in [0.15, 0.2) is 42.6 Å². The summed E-state index contributed by atoms with van der Waals surface area (Å²) in [5.74, 6) is -2.56. The third-order valence-corrected chi connectivity index (χ3v) is 3.61. The maximum Gasteiger partial charge on any atom is 0.254 e. The molecule has 0 unspecified atom stereocenters. The molecule has 0 bridgehead atoms. The van der Waals surface area contributed by atoms with Crippen molar-refractivity contribution >= 4 is 5.91 Å². The lowest BCUT2D eigenvalue weighted by molar-refractivity contribution is 0.0560. The number of pyridine rings is 1. The molecule has 0 fully saturated rings. The molecule has 4 nitrogen and oxygen atoms in total. The van der Waals surface area contributed by atoms with E-state index in [2.05, 4.69) is 4.98 Å². The lowest BCUT2D eigenvalue weighted by Crippen LogP contribution is -2.42. The largest absolute Gasteiger partial charge is 0.394 e. The lowest BCUT2D eigenvalue weighted by atomic mass is 10.1. The fraction of sp³-hybridized carbons (Fsp3) is 0.294. The molecule has 6 heteroatoms. The van der Waals surface area contributed by atoms with Gasteiger partial charge in [-0.3, -0.25) is 9.78 Å². The zero-order chi connectivity index (χ0) is 16.8. The number of aliphatic hydroxyl groups is 1. The van der Waals surface area contributed by atoms with Gasteiger partial charge in [0.15, 0.2) is 11.6 Å². The molecule has 0 aliphatic carbocycles. The van der Waals surface area contributed by atoms with Crippen molar-refractivity contribution in [2.45, 2.75) is 25.9 Å². The Hall–Kier alpha value is -2.34. The Morgan fingerprint density at radius 1 is 1.26 bits per heavy atom. The Balaban J connectivity index is 2.31. The molecule has 1 atom stereocenters. The van der Waals surface area contributed by atoms with Crippen molar-refractivity contribution in [2.75, 3.05) is 6.61 Å². The third-order valence-electron chi connectivity index (χ3n) is 3.61. The zero-order valence-corrected chi connectivity index (χ0v) is 12.7. The van der Waals surface area contributed by atoms with Gasteiger partial charge in [-0.1, -0.05) is 13.0 Å². The summed E-state index contributed by atoms with van der Waals surface area (Å²) in [6.45, 7) is 1.79. The second-order valence-corrected chi connectivity index (χ2v) is 5.13. The minimum Gasteiger partial charge on any atom is -0.394 e. The van der Waals surface area contributed by atoms with E-state index < -0.39 is 23.6 Å². The SMILES string of the molecule is CC[C@@H](CO)N(Cc1ccccn1)C(=O)c1ccc(F)c(F)c1. The van der Waals surface area contributed by atoms with E-state index in [9.17, 15) is 18.7 Å². The van der Waals surface area contributed by atoms with E-state index >= 15 is 0 Å². The molecule has 0 saturated carbocycles. The highest BCUT2D eigenvalue weighted by molar-refractivity contribution is 5.94. The van der Waals surface area contributed by atoms with E-state index in [1.165, 1.54) is 11.0 Å². The number of hydrogen-bond acceptors (Lipinski definition) is 3. The average Bonchev–Trinajstić information content (AvgIpc) is 2.58. The maximum atomic E-state index is 13.4. The van der Waals surface area contributed by atoms with Gasteiger partial charge in [0, 0.05) is 11.8 Å². The molecule has 2 rings (SSSR count). The molecule has 1 N–H and O–H groups in total. The monoisotopic (exact) mass is 320 g/mol. The third kappa shape index (κ3) is 4.10. The number of carbonyl (C=O) groups excluding carboxylic acids is 1. The summed E-state index contributed by atoms with van der Waals surface area (Å²) < 4.78 is 26.4. The predicted octanol–water partition coefficient (Wildman–Crippen LogP) is 2.77. The average molecular weight is 320 g/mol. The number of benzene rings is 1.